The maximum absolute atomic E-state index is 12.7. The van der Waals surface area contributed by atoms with Gasteiger partial charge in [0.1, 0.15) is 11.0 Å². The molecule has 3 rings (SSSR count). The molecular weight excluding hydrogens is 464 g/mol. The molecule has 1 N–H and O–H groups in total. The Hall–Kier alpha value is -1.78. The first-order chi connectivity index (χ1) is 15.8. The monoisotopic (exact) mass is 498 g/mol. The average molecular weight is 499 g/mol. The normalized spacial score (nSPS) is 23.5. The van der Waals surface area contributed by atoms with Crippen molar-refractivity contribution in [2.45, 2.75) is 63.9 Å². The molecule has 3 atom stereocenters. The number of hydrogen-bond acceptors (Lipinski definition) is 7. The van der Waals surface area contributed by atoms with Crippen LogP contribution in [-0.4, -0.2) is 95.0 Å². The van der Waals surface area contributed by atoms with Gasteiger partial charge in [0.25, 0.3) is 0 Å². The number of aromatic nitrogens is 2. The summed E-state index contributed by atoms with van der Waals surface area (Å²) in [5.74, 6) is 1.02. The fourth-order valence-corrected chi connectivity index (χ4v) is 5.14. The van der Waals surface area contributed by atoms with E-state index in [9.17, 15) is 9.59 Å². The average Bonchev–Trinajstić information content (AvgIpc) is 2.76. The molecule has 2 aliphatic rings. The Labute approximate surface area is 205 Å². The molecule has 2 aliphatic heterocycles. The largest absolute Gasteiger partial charge is 0.372 e. The number of nitrogens with zero attached hydrogens (tertiary/aromatic N) is 5. The first-order valence-corrected chi connectivity index (χ1v) is 13.0. The van der Waals surface area contributed by atoms with Crippen molar-refractivity contribution in [1.29, 1.82) is 0 Å². The number of hydrogen-bond donors (Lipinski definition) is 1. The van der Waals surface area contributed by atoms with Crippen LogP contribution in [0.5, 0.6) is 0 Å². The van der Waals surface area contributed by atoms with Gasteiger partial charge in [0, 0.05) is 51.4 Å². The minimum Gasteiger partial charge on any atom is -0.372 e. The van der Waals surface area contributed by atoms with Gasteiger partial charge in [-0.05, 0) is 27.2 Å². The Balaban J connectivity index is 1.57. The molecule has 3 heterocycles. The number of morpholine rings is 1. The summed E-state index contributed by atoms with van der Waals surface area (Å²) >= 11 is 7.57. The molecule has 0 bridgehead atoms. The summed E-state index contributed by atoms with van der Waals surface area (Å²) in [5.41, 5.74) is 0. The van der Waals surface area contributed by atoms with E-state index in [1.54, 1.807) is 6.07 Å². The molecule has 3 unspecified atom stereocenters. The fourth-order valence-electron chi connectivity index (χ4n) is 4.15. The van der Waals surface area contributed by atoms with Crippen molar-refractivity contribution in [3.05, 3.63) is 11.2 Å². The number of halogens is 1. The molecular formula is C22H35ClN6O3S. The Bertz CT molecular complexity index is 821. The van der Waals surface area contributed by atoms with Gasteiger partial charge in [0.05, 0.1) is 18.0 Å². The third-order valence-electron chi connectivity index (χ3n) is 5.78. The minimum absolute atomic E-state index is 0.0159. The highest BCUT2D eigenvalue weighted by molar-refractivity contribution is 7.99. The predicted molar refractivity (Wildman–Crippen MR) is 131 cm³/mol. The summed E-state index contributed by atoms with van der Waals surface area (Å²) in [4.78, 5) is 39.9. The van der Waals surface area contributed by atoms with Crippen LogP contribution in [0.15, 0.2) is 11.2 Å². The van der Waals surface area contributed by atoms with Gasteiger partial charge in [-0.1, -0.05) is 36.7 Å². The van der Waals surface area contributed by atoms with E-state index in [0.717, 1.165) is 18.7 Å². The van der Waals surface area contributed by atoms with Gasteiger partial charge in [0.2, 0.25) is 5.91 Å². The molecule has 1 aromatic heterocycles. The molecule has 11 heteroatoms. The molecule has 0 radical (unpaired) electrons. The van der Waals surface area contributed by atoms with Crippen molar-refractivity contribution >= 4 is 41.1 Å². The van der Waals surface area contributed by atoms with Crippen molar-refractivity contribution in [3.8, 4) is 0 Å². The van der Waals surface area contributed by atoms with Crippen molar-refractivity contribution in [1.82, 2.24) is 25.1 Å². The number of rotatable bonds is 7. The summed E-state index contributed by atoms with van der Waals surface area (Å²) in [7, 11) is 0. The fraction of sp³-hybridized carbons (Fsp3) is 0.727. The number of ether oxygens (including phenoxy) is 1. The molecule has 33 heavy (non-hydrogen) atoms. The van der Waals surface area contributed by atoms with Crippen molar-refractivity contribution in [3.63, 3.8) is 0 Å². The third kappa shape index (κ3) is 7.35. The highest BCUT2D eigenvalue weighted by Gasteiger charge is 2.29. The van der Waals surface area contributed by atoms with Gasteiger partial charge >= 0.3 is 6.03 Å². The summed E-state index contributed by atoms with van der Waals surface area (Å²) in [6, 6.07) is 1.76. The van der Waals surface area contributed by atoms with E-state index in [2.05, 4.69) is 27.1 Å². The van der Waals surface area contributed by atoms with Crippen LogP contribution in [0, 0.1) is 0 Å². The lowest BCUT2D eigenvalue weighted by Crippen LogP contribution is -2.56. The molecule has 1 aromatic rings. The van der Waals surface area contributed by atoms with E-state index >= 15 is 0 Å². The molecule has 0 spiro atoms. The minimum atomic E-state index is -0.0159. The molecule has 2 fully saturated rings. The van der Waals surface area contributed by atoms with Crippen LogP contribution in [0.4, 0.5) is 10.6 Å². The molecule has 0 aliphatic carbocycles. The Kier molecular flexibility index (Phi) is 9.46. The Morgan fingerprint density at radius 2 is 1.91 bits per heavy atom. The van der Waals surface area contributed by atoms with E-state index in [0.29, 0.717) is 49.6 Å². The molecule has 9 nitrogen and oxygen atoms in total. The van der Waals surface area contributed by atoms with Crippen LogP contribution >= 0.6 is 23.4 Å². The first kappa shape index (κ1) is 25.8. The zero-order valence-electron chi connectivity index (χ0n) is 19.9. The van der Waals surface area contributed by atoms with Gasteiger partial charge in [-0.25, -0.2) is 14.8 Å². The standard InChI is InChI=1S/C22H35ClN6O3S/c1-5-6-7-24-22(31)29-9-8-27(11-15(29)2)19-10-18(23)25-21(26-19)33-14-20(30)28-12-16(3)32-17(4)13-28/h10,15-17H,5-9,11-14H2,1-4H3,(H,24,31). The molecule has 0 saturated carbocycles. The SMILES string of the molecule is CCCCNC(=O)N1CCN(c2cc(Cl)nc(SCC(=O)N3CC(C)OC(C)C3)n2)CC1C. The van der Waals surface area contributed by atoms with Crippen molar-refractivity contribution in [2.75, 3.05) is 49.9 Å². The number of piperazine rings is 1. The van der Waals surface area contributed by atoms with E-state index < -0.39 is 0 Å². The number of carbonyl (C=O) groups excluding carboxylic acids is 2. The first-order valence-electron chi connectivity index (χ1n) is 11.7. The maximum atomic E-state index is 12.7. The maximum Gasteiger partial charge on any atom is 0.317 e. The lowest BCUT2D eigenvalue weighted by molar-refractivity contribution is -0.140. The van der Waals surface area contributed by atoms with E-state index in [4.69, 9.17) is 16.3 Å². The molecule has 3 amide bonds. The zero-order valence-corrected chi connectivity index (χ0v) is 21.5. The van der Waals surface area contributed by atoms with Crippen molar-refractivity contribution < 1.29 is 14.3 Å². The smallest absolute Gasteiger partial charge is 0.317 e. The Morgan fingerprint density at radius 3 is 2.58 bits per heavy atom. The third-order valence-corrected chi connectivity index (χ3v) is 6.80. The quantitative estimate of drug-likeness (QED) is 0.267. The van der Waals surface area contributed by atoms with Gasteiger partial charge in [-0.15, -0.1) is 0 Å². The van der Waals surface area contributed by atoms with Crippen LogP contribution in [-0.2, 0) is 9.53 Å². The molecule has 2 saturated heterocycles. The van der Waals surface area contributed by atoms with E-state index in [1.165, 1.54) is 11.8 Å². The van der Waals surface area contributed by atoms with Gasteiger partial charge in [-0.2, -0.15) is 0 Å². The highest BCUT2D eigenvalue weighted by atomic mass is 35.5. The summed E-state index contributed by atoms with van der Waals surface area (Å²) in [6.07, 6.45) is 2.10. The van der Waals surface area contributed by atoms with Crippen LogP contribution < -0.4 is 10.2 Å². The lowest BCUT2D eigenvalue weighted by atomic mass is 10.2. The van der Waals surface area contributed by atoms with Crippen LogP contribution in [0.3, 0.4) is 0 Å². The van der Waals surface area contributed by atoms with Crippen LogP contribution in [0.25, 0.3) is 0 Å². The number of anilines is 1. The number of nitrogens with one attached hydrogen (secondary N) is 1. The van der Waals surface area contributed by atoms with Gasteiger partial charge < -0.3 is 24.8 Å². The zero-order chi connectivity index (χ0) is 24.0. The Morgan fingerprint density at radius 1 is 1.18 bits per heavy atom. The molecule has 0 aromatic carbocycles. The second-order valence-electron chi connectivity index (χ2n) is 8.75. The van der Waals surface area contributed by atoms with Crippen LogP contribution in [0.2, 0.25) is 5.15 Å². The summed E-state index contributed by atoms with van der Waals surface area (Å²) in [5, 5.41) is 3.81. The second-order valence-corrected chi connectivity index (χ2v) is 10.1. The topological polar surface area (TPSA) is 90.9 Å². The van der Waals surface area contributed by atoms with Gasteiger partial charge in [-0.3, -0.25) is 4.79 Å². The number of thioether (sulfide) groups is 1. The van der Waals surface area contributed by atoms with Gasteiger partial charge in [0.15, 0.2) is 5.16 Å². The van der Waals surface area contributed by atoms with E-state index in [-0.39, 0.29) is 35.9 Å². The number of unbranched alkanes of at least 4 members (excludes halogenated alkanes) is 1. The molecule has 184 valence electrons. The lowest BCUT2D eigenvalue weighted by Gasteiger charge is -2.40. The number of carbonyl (C=O) groups is 2. The van der Waals surface area contributed by atoms with E-state index in [1.807, 2.05) is 30.6 Å². The number of urea groups is 1. The predicted octanol–water partition coefficient (Wildman–Crippen LogP) is 2.88. The highest BCUT2D eigenvalue weighted by Crippen LogP contribution is 2.24. The number of amides is 3. The van der Waals surface area contributed by atoms with Crippen LogP contribution in [0.1, 0.15) is 40.5 Å². The second kappa shape index (κ2) is 12.1. The summed E-state index contributed by atoms with van der Waals surface area (Å²) in [6.45, 7) is 11.9. The van der Waals surface area contributed by atoms with Crippen molar-refractivity contribution in [2.24, 2.45) is 0 Å². The summed E-state index contributed by atoms with van der Waals surface area (Å²) < 4.78 is 5.71.